The molecule has 3 heteroatoms. The summed E-state index contributed by atoms with van der Waals surface area (Å²) in [6, 6.07) is 0. The molecule has 0 spiro atoms. The van der Waals surface area contributed by atoms with E-state index in [-0.39, 0.29) is 38.3 Å². The SMILES string of the molecule is C=C(C)C.Cl.Cl.[S]. The fraction of sp³-hybridized carbons (Fsp3) is 0.500. The monoisotopic (exact) mass is 160 g/mol. The van der Waals surface area contributed by atoms with Crippen LogP contribution in [0.5, 0.6) is 0 Å². The molecule has 0 rings (SSSR count). The third-order valence-electron chi connectivity index (χ3n) is 0. The van der Waals surface area contributed by atoms with Crippen LogP contribution in [-0.2, 0) is 0 Å². The third kappa shape index (κ3) is 324. The van der Waals surface area contributed by atoms with E-state index >= 15 is 0 Å². The van der Waals surface area contributed by atoms with Gasteiger partial charge in [0.15, 0.2) is 0 Å². The number of hydrogen-bond donors (Lipinski definition) is 0. The molecule has 0 heterocycles. The van der Waals surface area contributed by atoms with Crippen molar-refractivity contribution in [2.45, 2.75) is 13.8 Å². The van der Waals surface area contributed by atoms with Crippen molar-refractivity contribution in [1.82, 2.24) is 0 Å². The Balaban J connectivity index is -0.0000000150. The van der Waals surface area contributed by atoms with Crippen molar-refractivity contribution >= 4 is 38.3 Å². The van der Waals surface area contributed by atoms with Gasteiger partial charge in [-0.1, -0.05) is 5.57 Å². The summed E-state index contributed by atoms with van der Waals surface area (Å²) in [6.45, 7) is 7.50. The lowest BCUT2D eigenvalue weighted by Gasteiger charge is -1.65. The van der Waals surface area contributed by atoms with Crippen molar-refractivity contribution in [3.63, 3.8) is 0 Å². The highest BCUT2D eigenvalue weighted by molar-refractivity contribution is 7.59. The molecular weight excluding hydrogens is 151 g/mol. The molecule has 0 saturated carbocycles. The fourth-order valence-electron chi connectivity index (χ4n) is 0. The Kier molecular flexibility index (Phi) is 57.6. The number of rotatable bonds is 0. The number of allylic oxidation sites excluding steroid dienone is 1. The molecule has 7 heavy (non-hydrogen) atoms. The van der Waals surface area contributed by atoms with Crippen molar-refractivity contribution in [2.24, 2.45) is 0 Å². The van der Waals surface area contributed by atoms with Crippen molar-refractivity contribution in [1.29, 1.82) is 0 Å². The number of halogens is 2. The Bertz CT molecular complexity index is 32.7. The maximum Gasteiger partial charge on any atom is 0 e. The summed E-state index contributed by atoms with van der Waals surface area (Å²) in [5.74, 6) is 0. The zero-order valence-electron chi connectivity index (χ0n) is 4.43. The van der Waals surface area contributed by atoms with Crippen LogP contribution in [0.1, 0.15) is 13.8 Å². The summed E-state index contributed by atoms with van der Waals surface area (Å²) in [4.78, 5) is 0. The second kappa shape index (κ2) is 15.9. The van der Waals surface area contributed by atoms with Gasteiger partial charge in [-0.25, -0.2) is 0 Å². The maximum absolute atomic E-state index is 3.56. The first-order valence-electron chi connectivity index (χ1n) is 1.35. The highest BCUT2D eigenvalue weighted by atomic mass is 35.5. The molecule has 2 radical (unpaired) electrons. The molecule has 0 amide bonds. The van der Waals surface area contributed by atoms with Gasteiger partial charge in [0.25, 0.3) is 0 Å². The quantitative estimate of drug-likeness (QED) is 0.479. The average molecular weight is 161 g/mol. The van der Waals surface area contributed by atoms with Gasteiger partial charge in [0.05, 0.1) is 0 Å². The van der Waals surface area contributed by atoms with Gasteiger partial charge in [0.1, 0.15) is 0 Å². The summed E-state index contributed by atoms with van der Waals surface area (Å²) >= 11 is 0. The van der Waals surface area contributed by atoms with Gasteiger partial charge in [-0.05, 0) is 13.8 Å². The first kappa shape index (κ1) is 25.3. The molecular formula is C4H10Cl2S. The summed E-state index contributed by atoms with van der Waals surface area (Å²) in [6.07, 6.45) is 0. The van der Waals surface area contributed by atoms with Crippen LogP contribution in [0, 0.1) is 0 Å². The molecule has 0 aromatic heterocycles. The second-order valence-electron chi connectivity index (χ2n) is 1.21. The third-order valence-corrected chi connectivity index (χ3v) is 0. The second-order valence-corrected chi connectivity index (χ2v) is 1.21. The summed E-state index contributed by atoms with van der Waals surface area (Å²) in [5.41, 5.74) is 1.17. The highest BCUT2D eigenvalue weighted by Crippen LogP contribution is 1.73. The Morgan fingerprint density at radius 2 is 1.14 bits per heavy atom. The van der Waals surface area contributed by atoms with Gasteiger partial charge < -0.3 is 0 Å². The van der Waals surface area contributed by atoms with Crippen LogP contribution in [0.3, 0.4) is 0 Å². The molecule has 0 bridgehead atoms. The molecule has 0 fully saturated rings. The Morgan fingerprint density at radius 3 is 1.14 bits per heavy atom. The lowest BCUT2D eigenvalue weighted by Crippen LogP contribution is -1.43. The van der Waals surface area contributed by atoms with E-state index in [0.717, 1.165) is 0 Å². The normalized spacial score (nSPS) is 3.71. The van der Waals surface area contributed by atoms with Crippen molar-refractivity contribution in [3.8, 4) is 0 Å². The number of hydrogen-bond acceptors (Lipinski definition) is 0. The zero-order valence-corrected chi connectivity index (χ0v) is 6.88. The molecule has 0 aliphatic carbocycles. The lowest BCUT2D eigenvalue weighted by atomic mass is 10.4. The molecule has 0 aromatic rings. The molecule has 0 unspecified atom stereocenters. The van der Waals surface area contributed by atoms with E-state index < -0.39 is 0 Å². The first-order valence-corrected chi connectivity index (χ1v) is 1.35. The van der Waals surface area contributed by atoms with E-state index in [2.05, 4.69) is 6.58 Å². The minimum absolute atomic E-state index is 0. The average Bonchev–Trinajstić information content (AvgIpc) is 0.811. The molecule has 0 N–H and O–H groups in total. The predicted molar refractivity (Wildman–Crippen MR) is 42.6 cm³/mol. The van der Waals surface area contributed by atoms with Gasteiger partial charge in [-0.3, -0.25) is 0 Å². The smallest absolute Gasteiger partial charge is 0 e. The summed E-state index contributed by atoms with van der Waals surface area (Å²) < 4.78 is 0. The Labute approximate surface area is 64.6 Å². The van der Waals surface area contributed by atoms with Gasteiger partial charge in [0, 0.05) is 13.5 Å². The molecule has 0 aliphatic rings. The predicted octanol–water partition coefficient (Wildman–Crippen LogP) is 3.07. The van der Waals surface area contributed by atoms with Gasteiger partial charge in [-0.2, -0.15) is 0 Å². The van der Waals surface area contributed by atoms with Gasteiger partial charge >= 0.3 is 0 Å². The van der Waals surface area contributed by atoms with Gasteiger partial charge in [-0.15, -0.1) is 31.4 Å². The largest absolute Gasteiger partial charge is 0.147 e. The molecule has 0 nitrogen and oxygen atoms in total. The van der Waals surface area contributed by atoms with E-state index in [1.165, 1.54) is 5.57 Å². The summed E-state index contributed by atoms with van der Waals surface area (Å²) in [7, 11) is 0. The first-order chi connectivity index (χ1) is 1.73. The van der Waals surface area contributed by atoms with E-state index in [9.17, 15) is 0 Å². The Morgan fingerprint density at radius 1 is 1.14 bits per heavy atom. The lowest BCUT2D eigenvalue weighted by molar-refractivity contribution is 1.42. The van der Waals surface area contributed by atoms with Crippen LogP contribution >= 0.6 is 38.3 Å². The van der Waals surface area contributed by atoms with E-state index in [1.807, 2.05) is 13.8 Å². The van der Waals surface area contributed by atoms with Crippen LogP contribution < -0.4 is 0 Å². The zero-order chi connectivity index (χ0) is 3.58. The molecule has 0 saturated heterocycles. The molecule has 0 aliphatic heterocycles. The van der Waals surface area contributed by atoms with Crippen molar-refractivity contribution in [2.75, 3.05) is 0 Å². The van der Waals surface area contributed by atoms with Crippen LogP contribution in [0.25, 0.3) is 0 Å². The van der Waals surface area contributed by atoms with Gasteiger partial charge in [0.2, 0.25) is 0 Å². The van der Waals surface area contributed by atoms with Crippen LogP contribution in [0.4, 0.5) is 0 Å². The van der Waals surface area contributed by atoms with Crippen LogP contribution in [0.15, 0.2) is 12.2 Å². The van der Waals surface area contributed by atoms with E-state index in [1.54, 1.807) is 0 Å². The van der Waals surface area contributed by atoms with Crippen molar-refractivity contribution in [3.05, 3.63) is 12.2 Å². The van der Waals surface area contributed by atoms with Crippen LogP contribution in [-0.4, -0.2) is 0 Å². The van der Waals surface area contributed by atoms with E-state index in [4.69, 9.17) is 0 Å². The minimum atomic E-state index is 0. The molecule has 46 valence electrons. The highest BCUT2D eigenvalue weighted by Gasteiger charge is 1.51. The fourth-order valence-corrected chi connectivity index (χ4v) is 0. The van der Waals surface area contributed by atoms with Crippen LogP contribution in [0.2, 0.25) is 0 Å². The molecule has 0 atom stereocenters. The Hall–Kier alpha value is 0.670. The summed E-state index contributed by atoms with van der Waals surface area (Å²) in [5, 5.41) is 0. The maximum atomic E-state index is 3.56. The molecule has 0 aromatic carbocycles. The standard InChI is InChI=1S/C4H8.2ClH.S/c1-4(2)3;;;/h1H2,2-3H3;2*1H;. The van der Waals surface area contributed by atoms with Crippen molar-refractivity contribution < 1.29 is 0 Å². The minimum Gasteiger partial charge on any atom is -0.147 e. The topological polar surface area (TPSA) is 0 Å². The van der Waals surface area contributed by atoms with E-state index in [0.29, 0.717) is 0 Å².